The van der Waals surface area contributed by atoms with E-state index in [1.807, 2.05) is 0 Å². The summed E-state index contributed by atoms with van der Waals surface area (Å²) >= 11 is 0. The number of carbonyl (C=O) groups is 4. The van der Waals surface area contributed by atoms with Crippen LogP contribution in [0, 0.1) is 0 Å². The Morgan fingerprint density at radius 1 is 0.587 bits per heavy atom. The largest absolute Gasteiger partial charge is 0.480 e. The average Bonchev–Trinajstić information content (AvgIpc) is 3.02. The van der Waals surface area contributed by atoms with E-state index >= 15 is 0 Å². The van der Waals surface area contributed by atoms with Crippen LogP contribution in [-0.4, -0.2) is 58.5 Å². The lowest BCUT2D eigenvalue weighted by atomic mass is 9.86. The fourth-order valence-corrected chi connectivity index (χ4v) is 5.35. The molecule has 10 heteroatoms. The molecule has 0 bridgehead atoms. The van der Waals surface area contributed by atoms with Crippen LogP contribution in [0.2, 0.25) is 0 Å². The van der Waals surface area contributed by atoms with Crippen molar-refractivity contribution in [3.63, 3.8) is 0 Å². The van der Waals surface area contributed by atoms with E-state index in [1.54, 1.807) is 0 Å². The molecule has 0 rings (SSSR count). The van der Waals surface area contributed by atoms with Crippen molar-refractivity contribution in [1.29, 1.82) is 0 Å². The lowest BCUT2D eigenvalue weighted by molar-refractivity contribution is -0.149. The van der Waals surface area contributed by atoms with Gasteiger partial charge in [-0.25, -0.2) is 9.59 Å². The van der Waals surface area contributed by atoms with Gasteiger partial charge in [-0.3, -0.25) is 9.59 Å². The summed E-state index contributed by atoms with van der Waals surface area (Å²) in [6, 6.07) is -0.771. The van der Waals surface area contributed by atoms with Gasteiger partial charge in [0.2, 0.25) is 5.91 Å². The minimum atomic E-state index is -1.73. The van der Waals surface area contributed by atoms with Crippen molar-refractivity contribution < 1.29 is 29.4 Å². The molecule has 272 valence electrons. The van der Waals surface area contributed by atoms with E-state index in [4.69, 9.17) is 22.3 Å². The standard InChI is InChI=1S/2C18H36N2O3/c1-2-3-4-5-6-7-8-9-10-14-17(21)20-16(18(22)23)13-11-12-15-19;1-2-3-4-5-6-7-8-9-10-13-16(21)18(20,17(22)23)14-11-12-15-19/h16H,2-15,19H2,1H3,(H,20,21)(H,22,23);2-15,19-20H2,1H3,(H,22,23)/t16-;/m0./s1. The third-order valence-corrected chi connectivity index (χ3v) is 8.50. The minimum absolute atomic E-state index is 0.145. The van der Waals surface area contributed by atoms with Gasteiger partial charge in [0.05, 0.1) is 0 Å². The molecule has 0 radical (unpaired) electrons. The second kappa shape index (κ2) is 32.9. The summed E-state index contributed by atoms with van der Waals surface area (Å²) in [4.78, 5) is 46.4. The van der Waals surface area contributed by atoms with Crippen LogP contribution in [0.15, 0.2) is 0 Å². The molecule has 0 aliphatic heterocycles. The molecule has 0 aromatic rings. The maximum atomic E-state index is 12.2. The van der Waals surface area contributed by atoms with Crippen LogP contribution in [0.25, 0.3) is 0 Å². The van der Waals surface area contributed by atoms with E-state index in [9.17, 15) is 24.3 Å². The third-order valence-electron chi connectivity index (χ3n) is 8.50. The number of hydrogen-bond acceptors (Lipinski definition) is 7. The quantitative estimate of drug-likeness (QED) is 0.0326. The van der Waals surface area contributed by atoms with Gasteiger partial charge >= 0.3 is 11.9 Å². The zero-order valence-electron chi connectivity index (χ0n) is 29.6. The monoisotopic (exact) mass is 657 g/mol. The molecule has 0 saturated heterocycles. The summed E-state index contributed by atoms with van der Waals surface area (Å²) in [5.41, 5.74) is 14.9. The lowest BCUT2D eigenvalue weighted by Crippen LogP contribution is -2.54. The zero-order valence-corrected chi connectivity index (χ0v) is 29.6. The first-order valence-electron chi connectivity index (χ1n) is 18.6. The molecule has 9 N–H and O–H groups in total. The number of carbonyl (C=O) groups excluding carboxylic acids is 2. The lowest BCUT2D eigenvalue weighted by Gasteiger charge is -2.23. The molecule has 1 unspecified atom stereocenters. The van der Waals surface area contributed by atoms with Crippen molar-refractivity contribution >= 4 is 23.6 Å². The predicted octanol–water partition coefficient (Wildman–Crippen LogP) is 6.99. The fraction of sp³-hybridized carbons (Fsp3) is 0.889. The zero-order chi connectivity index (χ0) is 34.9. The van der Waals surface area contributed by atoms with Crippen LogP contribution in [0.5, 0.6) is 0 Å². The van der Waals surface area contributed by atoms with Crippen LogP contribution < -0.4 is 22.5 Å². The molecule has 0 heterocycles. The number of nitrogens with one attached hydrogen (secondary N) is 1. The van der Waals surface area contributed by atoms with Crippen LogP contribution in [0.1, 0.15) is 181 Å². The number of aliphatic carboxylic acids is 2. The number of nitrogens with two attached hydrogens (primary N) is 3. The van der Waals surface area contributed by atoms with Gasteiger partial charge in [0.1, 0.15) is 6.04 Å². The van der Waals surface area contributed by atoms with Crippen molar-refractivity contribution in [2.24, 2.45) is 17.2 Å². The number of rotatable bonds is 32. The summed E-state index contributed by atoms with van der Waals surface area (Å²) in [5.74, 6) is -2.66. The molecule has 0 saturated carbocycles. The highest BCUT2D eigenvalue weighted by Gasteiger charge is 2.40. The number of hydrogen-bond donors (Lipinski definition) is 6. The van der Waals surface area contributed by atoms with Crippen LogP contribution in [0.3, 0.4) is 0 Å². The summed E-state index contributed by atoms with van der Waals surface area (Å²) in [5, 5.41) is 21.0. The predicted molar refractivity (Wildman–Crippen MR) is 189 cm³/mol. The first kappa shape index (κ1) is 46.1. The summed E-state index contributed by atoms with van der Waals surface area (Å²) in [7, 11) is 0. The minimum Gasteiger partial charge on any atom is -0.480 e. The van der Waals surface area contributed by atoms with Crippen LogP contribution >= 0.6 is 0 Å². The molecule has 10 nitrogen and oxygen atoms in total. The highest BCUT2D eigenvalue weighted by Crippen LogP contribution is 2.18. The second-order valence-corrected chi connectivity index (χ2v) is 12.8. The van der Waals surface area contributed by atoms with Gasteiger partial charge in [0.15, 0.2) is 11.3 Å². The van der Waals surface area contributed by atoms with Gasteiger partial charge in [-0.05, 0) is 64.5 Å². The molecule has 0 aromatic carbocycles. The normalized spacial score (nSPS) is 12.9. The molecule has 0 spiro atoms. The van der Waals surface area contributed by atoms with E-state index in [0.717, 1.165) is 51.4 Å². The van der Waals surface area contributed by atoms with Crippen molar-refractivity contribution in [3.8, 4) is 0 Å². The Hall–Kier alpha value is -2.04. The van der Waals surface area contributed by atoms with E-state index in [0.29, 0.717) is 38.8 Å². The van der Waals surface area contributed by atoms with Gasteiger partial charge < -0.3 is 32.7 Å². The van der Waals surface area contributed by atoms with Gasteiger partial charge in [-0.15, -0.1) is 0 Å². The van der Waals surface area contributed by atoms with Crippen molar-refractivity contribution in [2.75, 3.05) is 13.1 Å². The first-order chi connectivity index (χ1) is 22.1. The third kappa shape index (κ3) is 27.1. The average molecular weight is 657 g/mol. The Balaban J connectivity index is 0. The van der Waals surface area contributed by atoms with Crippen molar-refractivity contribution in [2.45, 2.75) is 192 Å². The molecule has 0 aliphatic rings. The SMILES string of the molecule is CCCCCCCCCCCC(=O)C(N)(CCCCN)C(=O)O.CCCCCCCCCCCC(=O)N[C@@H](CCCCN)C(=O)O. The highest BCUT2D eigenvalue weighted by molar-refractivity contribution is 6.07. The molecular weight excluding hydrogens is 584 g/mol. The molecular formula is C36H72N4O6. The number of amides is 1. The summed E-state index contributed by atoms with van der Waals surface area (Å²) in [6.07, 6.45) is 25.4. The van der Waals surface area contributed by atoms with Gasteiger partial charge in [0.25, 0.3) is 0 Å². The van der Waals surface area contributed by atoms with Crippen LogP contribution in [-0.2, 0) is 19.2 Å². The maximum absolute atomic E-state index is 12.2. The molecule has 0 fully saturated rings. The maximum Gasteiger partial charge on any atom is 0.331 e. The number of Topliss-reactive ketones (excluding diaryl/α,β-unsaturated/α-hetero) is 1. The van der Waals surface area contributed by atoms with Crippen molar-refractivity contribution in [1.82, 2.24) is 5.32 Å². The summed E-state index contributed by atoms with van der Waals surface area (Å²) < 4.78 is 0. The van der Waals surface area contributed by atoms with E-state index in [-0.39, 0.29) is 24.5 Å². The molecule has 46 heavy (non-hydrogen) atoms. The number of ketones is 1. The second-order valence-electron chi connectivity index (χ2n) is 12.8. The van der Waals surface area contributed by atoms with Crippen molar-refractivity contribution in [3.05, 3.63) is 0 Å². The number of carboxylic acid groups (broad SMARTS) is 2. The van der Waals surface area contributed by atoms with E-state index in [1.165, 1.54) is 77.0 Å². The number of carboxylic acids is 2. The highest BCUT2D eigenvalue weighted by atomic mass is 16.4. The Morgan fingerprint density at radius 2 is 1.00 bits per heavy atom. The fourth-order valence-electron chi connectivity index (χ4n) is 5.35. The Bertz CT molecular complexity index is 767. The Labute approximate surface area is 280 Å². The first-order valence-corrected chi connectivity index (χ1v) is 18.6. The van der Waals surface area contributed by atoms with Gasteiger partial charge in [0, 0.05) is 12.8 Å². The van der Waals surface area contributed by atoms with Gasteiger partial charge in [-0.1, -0.05) is 117 Å². The van der Waals surface area contributed by atoms with Gasteiger partial charge in [-0.2, -0.15) is 0 Å². The smallest absolute Gasteiger partial charge is 0.331 e. The van der Waals surface area contributed by atoms with E-state index < -0.39 is 23.5 Å². The van der Waals surface area contributed by atoms with E-state index in [2.05, 4.69) is 19.2 Å². The molecule has 0 aliphatic carbocycles. The Morgan fingerprint density at radius 3 is 1.41 bits per heavy atom. The molecule has 0 aromatic heterocycles. The molecule has 1 amide bonds. The number of unbranched alkanes of at least 4 members (excludes halogenated alkanes) is 18. The Kier molecular flexibility index (Phi) is 32.9. The van der Waals surface area contributed by atoms with Crippen LogP contribution in [0.4, 0.5) is 0 Å². The summed E-state index contributed by atoms with van der Waals surface area (Å²) in [6.45, 7) is 5.47. The molecule has 2 atom stereocenters. The topological polar surface area (TPSA) is 199 Å².